The number of hydrogen-bond donors (Lipinski definition) is 2. The minimum absolute atomic E-state index is 0.0218. The Morgan fingerprint density at radius 2 is 1.88 bits per heavy atom. The van der Waals surface area contributed by atoms with Crippen LogP contribution >= 0.6 is 34.9 Å². The van der Waals surface area contributed by atoms with Crippen LogP contribution in [-0.2, 0) is 9.59 Å². The Kier molecular flexibility index (Phi) is 7.53. The van der Waals surface area contributed by atoms with Gasteiger partial charge in [-0.05, 0) is 32.1 Å². The topological polar surface area (TPSA) is 108 Å². The third-order valence-electron chi connectivity index (χ3n) is 3.64. The molecule has 25 heavy (non-hydrogen) atoms. The molecular formula is C15H21N5O2S3. The lowest BCUT2D eigenvalue weighted by Gasteiger charge is -2.22. The van der Waals surface area contributed by atoms with Gasteiger partial charge in [0.2, 0.25) is 11.8 Å². The van der Waals surface area contributed by atoms with Gasteiger partial charge in [-0.15, -0.1) is 10.2 Å². The average Bonchev–Trinajstić information content (AvgIpc) is 3.37. The molecule has 1 heterocycles. The summed E-state index contributed by atoms with van der Waals surface area (Å²) in [6, 6.07) is 2.21. The van der Waals surface area contributed by atoms with Crippen molar-refractivity contribution in [2.24, 2.45) is 5.92 Å². The number of carbonyl (C=O) groups excluding carboxylic acids is 2. The highest BCUT2D eigenvalue weighted by atomic mass is 32.2. The molecule has 2 N–H and O–H groups in total. The van der Waals surface area contributed by atoms with Crippen LogP contribution in [0.4, 0.5) is 0 Å². The molecule has 136 valence electrons. The minimum Gasteiger partial charge on any atom is -0.355 e. The molecule has 1 aliphatic rings. The van der Waals surface area contributed by atoms with Crippen LogP contribution in [0, 0.1) is 17.2 Å². The Morgan fingerprint density at radius 3 is 2.40 bits per heavy atom. The summed E-state index contributed by atoms with van der Waals surface area (Å²) in [5, 5.41) is 22.9. The van der Waals surface area contributed by atoms with E-state index < -0.39 is 5.54 Å². The van der Waals surface area contributed by atoms with Crippen molar-refractivity contribution in [1.29, 1.82) is 5.26 Å². The molecule has 0 saturated heterocycles. The van der Waals surface area contributed by atoms with Crippen molar-refractivity contribution in [2.75, 3.05) is 18.1 Å². The molecule has 1 atom stereocenters. The fourth-order valence-corrected chi connectivity index (χ4v) is 4.74. The molecule has 0 aromatic carbocycles. The lowest BCUT2D eigenvalue weighted by Crippen LogP contribution is -2.47. The number of rotatable bonds is 10. The summed E-state index contributed by atoms with van der Waals surface area (Å²) in [6.07, 6.45) is 2.88. The van der Waals surface area contributed by atoms with Gasteiger partial charge in [-0.3, -0.25) is 9.59 Å². The molecule has 0 bridgehead atoms. The Bertz CT molecular complexity index is 656. The van der Waals surface area contributed by atoms with Crippen molar-refractivity contribution in [3.8, 4) is 6.07 Å². The lowest BCUT2D eigenvalue weighted by molar-refractivity contribution is -0.120. The zero-order valence-electron chi connectivity index (χ0n) is 14.2. The van der Waals surface area contributed by atoms with Gasteiger partial charge in [-0.25, -0.2) is 0 Å². The average molecular weight is 400 g/mol. The highest BCUT2D eigenvalue weighted by molar-refractivity contribution is 8.03. The quantitative estimate of drug-likeness (QED) is 0.580. The summed E-state index contributed by atoms with van der Waals surface area (Å²) in [5.41, 5.74) is -0.772. The molecule has 1 saturated carbocycles. The summed E-state index contributed by atoms with van der Waals surface area (Å²) in [7, 11) is 0. The first kappa shape index (κ1) is 20.0. The van der Waals surface area contributed by atoms with Crippen LogP contribution in [-0.4, -0.2) is 45.6 Å². The molecule has 0 radical (unpaired) electrons. The highest BCUT2D eigenvalue weighted by Crippen LogP contribution is 2.39. The summed E-state index contributed by atoms with van der Waals surface area (Å²) in [5.74, 6) is 0.563. The number of hydrogen-bond acceptors (Lipinski definition) is 8. The van der Waals surface area contributed by atoms with Gasteiger partial charge < -0.3 is 10.6 Å². The highest BCUT2D eigenvalue weighted by Gasteiger charge is 2.42. The van der Waals surface area contributed by atoms with Gasteiger partial charge in [0, 0.05) is 6.54 Å². The van der Waals surface area contributed by atoms with Gasteiger partial charge in [0.15, 0.2) is 8.68 Å². The zero-order valence-corrected chi connectivity index (χ0v) is 16.7. The van der Waals surface area contributed by atoms with Crippen LogP contribution in [0.1, 0.15) is 33.1 Å². The number of carbonyl (C=O) groups is 2. The first-order valence-corrected chi connectivity index (χ1v) is 10.8. The molecule has 2 rings (SSSR count). The summed E-state index contributed by atoms with van der Waals surface area (Å²) >= 11 is 3.99. The molecular weight excluding hydrogens is 378 g/mol. The van der Waals surface area contributed by atoms with Crippen LogP contribution in [0.3, 0.4) is 0 Å². The van der Waals surface area contributed by atoms with E-state index in [1.54, 1.807) is 6.92 Å². The van der Waals surface area contributed by atoms with Crippen LogP contribution in [0.15, 0.2) is 8.68 Å². The van der Waals surface area contributed by atoms with Crippen molar-refractivity contribution < 1.29 is 9.59 Å². The Morgan fingerprint density at radius 1 is 1.28 bits per heavy atom. The molecule has 7 nitrogen and oxygen atoms in total. The van der Waals surface area contributed by atoms with E-state index in [-0.39, 0.29) is 23.5 Å². The summed E-state index contributed by atoms with van der Waals surface area (Å²) in [6.45, 7) is 4.45. The third kappa shape index (κ3) is 6.49. The van der Waals surface area contributed by atoms with Crippen LogP contribution in [0.5, 0.6) is 0 Å². The van der Waals surface area contributed by atoms with Crippen LogP contribution in [0.2, 0.25) is 0 Å². The maximum atomic E-state index is 12.1. The minimum atomic E-state index is -0.772. The summed E-state index contributed by atoms with van der Waals surface area (Å²) in [4.78, 5) is 23.6. The van der Waals surface area contributed by atoms with Crippen LogP contribution < -0.4 is 10.6 Å². The standard InChI is InChI=1S/C15H21N5O2S3/c1-3-6-17-11(21)7-23-13-19-20-14(25-13)24-8-12(22)18-15(2,9-16)10-4-5-10/h10H,3-8H2,1-2H3,(H,17,21)(H,18,22). The second-order valence-electron chi connectivity index (χ2n) is 5.90. The van der Waals surface area contributed by atoms with E-state index in [9.17, 15) is 14.9 Å². The molecule has 1 fully saturated rings. The SMILES string of the molecule is CCCNC(=O)CSc1nnc(SCC(=O)NC(C)(C#N)C2CC2)s1. The number of aromatic nitrogens is 2. The van der Waals surface area contributed by atoms with E-state index in [2.05, 4.69) is 26.9 Å². The number of nitrogens with zero attached hydrogens (tertiary/aromatic N) is 3. The fraction of sp³-hybridized carbons (Fsp3) is 0.667. The molecule has 0 spiro atoms. The number of thioether (sulfide) groups is 2. The van der Waals surface area contributed by atoms with E-state index in [0.29, 0.717) is 21.0 Å². The van der Waals surface area contributed by atoms with Crippen LogP contribution in [0.25, 0.3) is 0 Å². The Labute approximate surface area is 159 Å². The van der Waals surface area contributed by atoms with Gasteiger partial charge in [-0.2, -0.15) is 5.26 Å². The lowest BCUT2D eigenvalue weighted by atomic mass is 9.98. The molecule has 0 aliphatic heterocycles. The smallest absolute Gasteiger partial charge is 0.231 e. The van der Waals surface area contributed by atoms with E-state index in [1.807, 2.05) is 6.92 Å². The van der Waals surface area contributed by atoms with Crippen molar-refractivity contribution in [3.63, 3.8) is 0 Å². The van der Waals surface area contributed by atoms with Crippen molar-refractivity contribution in [3.05, 3.63) is 0 Å². The third-order valence-corrected chi connectivity index (χ3v) is 6.83. The largest absolute Gasteiger partial charge is 0.355 e. The second kappa shape index (κ2) is 9.40. The molecule has 1 unspecified atom stereocenters. The molecule has 10 heteroatoms. The van der Waals surface area contributed by atoms with Crippen molar-refractivity contribution in [2.45, 2.75) is 47.3 Å². The van der Waals surface area contributed by atoms with E-state index in [1.165, 1.54) is 34.9 Å². The Balaban J connectivity index is 1.73. The molecule has 1 aromatic rings. The first-order chi connectivity index (χ1) is 12.0. The molecule has 1 aromatic heterocycles. The van der Waals surface area contributed by atoms with Crippen molar-refractivity contribution in [1.82, 2.24) is 20.8 Å². The van der Waals surface area contributed by atoms with E-state index >= 15 is 0 Å². The van der Waals surface area contributed by atoms with E-state index in [4.69, 9.17) is 0 Å². The number of nitrogens with one attached hydrogen (secondary N) is 2. The molecule has 2 amide bonds. The maximum absolute atomic E-state index is 12.1. The van der Waals surface area contributed by atoms with Crippen molar-refractivity contribution >= 4 is 46.7 Å². The number of nitriles is 1. The van der Waals surface area contributed by atoms with Gasteiger partial charge in [0.25, 0.3) is 0 Å². The Hall–Kier alpha value is -1.31. The second-order valence-corrected chi connectivity index (χ2v) is 9.32. The zero-order chi connectivity index (χ0) is 18.3. The molecule has 1 aliphatic carbocycles. The predicted octanol–water partition coefficient (Wildman–Crippen LogP) is 2.06. The number of amides is 2. The maximum Gasteiger partial charge on any atom is 0.231 e. The van der Waals surface area contributed by atoms with E-state index in [0.717, 1.165) is 19.3 Å². The van der Waals surface area contributed by atoms with Gasteiger partial charge in [0.1, 0.15) is 5.54 Å². The van der Waals surface area contributed by atoms with Gasteiger partial charge in [0.05, 0.1) is 17.6 Å². The predicted molar refractivity (Wildman–Crippen MR) is 99.5 cm³/mol. The fourth-order valence-electron chi connectivity index (χ4n) is 2.09. The summed E-state index contributed by atoms with van der Waals surface area (Å²) < 4.78 is 1.38. The first-order valence-electron chi connectivity index (χ1n) is 8.05. The van der Waals surface area contributed by atoms with Gasteiger partial charge >= 0.3 is 0 Å². The normalized spacial score (nSPS) is 15.9. The van der Waals surface area contributed by atoms with Gasteiger partial charge in [-0.1, -0.05) is 41.8 Å². The monoisotopic (exact) mass is 399 g/mol.